The molecule has 0 radical (unpaired) electrons. The first-order valence-electron chi connectivity index (χ1n) is 9.70. The number of carbonyl (C=O) groups excluding carboxylic acids is 3. The van der Waals surface area contributed by atoms with Crippen LogP contribution < -0.4 is 15.5 Å². The highest BCUT2D eigenvalue weighted by atomic mass is 16.5. The summed E-state index contributed by atoms with van der Waals surface area (Å²) < 4.78 is 5.29. The molecule has 152 valence electrons. The van der Waals surface area contributed by atoms with Gasteiger partial charge in [-0.1, -0.05) is 0 Å². The van der Waals surface area contributed by atoms with E-state index in [1.807, 2.05) is 6.07 Å². The summed E-state index contributed by atoms with van der Waals surface area (Å²) in [5, 5.41) is 14.3. The van der Waals surface area contributed by atoms with E-state index in [2.05, 4.69) is 15.5 Å². The van der Waals surface area contributed by atoms with Crippen LogP contribution in [0.25, 0.3) is 0 Å². The van der Waals surface area contributed by atoms with E-state index in [0.717, 1.165) is 25.1 Å². The lowest BCUT2D eigenvalue weighted by Gasteiger charge is -2.33. The Labute approximate surface area is 173 Å². The maximum Gasteiger partial charge on any atom is 0.338 e. The summed E-state index contributed by atoms with van der Waals surface area (Å²) in [5.41, 5.74) is 2.69. The number of benzene rings is 2. The number of esters is 1. The van der Waals surface area contributed by atoms with Gasteiger partial charge in [-0.2, -0.15) is 5.26 Å². The van der Waals surface area contributed by atoms with Gasteiger partial charge in [-0.3, -0.25) is 9.59 Å². The number of nitriles is 1. The van der Waals surface area contributed by atoms with E-state index >= 15 is 0 Å². The Morgan fingerprint density at radius 2 is 2.03 bits per heavy atom. The Balaban J connectivity index is 1.42. The van der Waals surface area contributed by atoms with E-state index < -0.39 is 18.0 Å². The fourth-order valence-corrected chi connectivity index (χ4v) is 3.71. The van der Waals surface area contributed by atoms with Gasteiger partial charge in [0, 0.05) is 12.2 Å². The molecule has 8 heteroatoms. The number of hydrogen-bond donors (Lipinski definition) is 2. The molecule has 0 unspecified atom stereocenters. The van der Waals surface area contributed by atoms with Gasteiger partial charge < -0.3 is 20.3 Å². The molecule has 0 spiro atoms. The second-order valence-electron chi connectivity index (χ2n) is 7.30. The maximum atomic E-state index is 12.5. The number of amides is 2. The normalized spacial score (nSPS) is 17.8. The Kier molecular flexibility index (Phi) is 5.11. The lowest BCUT2D eigenvalue weighted by Crippen LogP contribution is -2.43. The first kappa shape index (κ1) is 19.5. The fraction of sp³-hybridized carbons (Fsp3) is 0.273. The molecule has 1 fully saturated rings. The Bertz CT molecular complexity index is 1060. The van der Waals surface area contributed by atoms with Crippen molar-refractivity contribution in [3.05, 3.63) is 53.6 Å². The van der Waals surface area contributed by atoms with Crippen LogP contribution >= 0.6 is 0 Å². The molecule has 2 aromatic carbocycles. The number of hydrogen-bond acceptors (Lipinski definition) is 6. The van der Waals surface area contributed by atoms with E-state index in [1.54, 1.807) is 42.5 Å². The molecule has 2 aliphatic heterocycles. The molecule has 8 nitrogen and oxygen atoms in total. The average molecular weight is 404 g/mol. The standard InChI is InChI=1S/C22H20N4O4/c1-13(20(27)24-16-7-4-14(12-23)5-8-16)30-22(29)15-6-9-18-17(11-15)25-21(28)19-3-2-10-26(18)19/h4-9,11,13,19H,2-3,10H2,1H3,(H,24,27)(H,25,28)/t13-,19-/m1/s1. The van der Waals surface area contributed by atoms with Crippen molar-refractivity contribution in [1.29, 1.82) is 5.26 Å². The molecule has 4 rings (SSSR count). The quantitative estimate of drug-likeness (QED) is 0.758. The summed E-state index contributed by atoms with van der Waals surface area (Å²) in [6.45, 7) is 2.29. The minimum atomic E-state index is -1.03. The van der Waals surface area contributed by atoms with E-state index in [4.69, 9.17) is 10.00 Å². The number of carbonyl (C=O) groups is 3. The molecule has 0 bridgehead atoms. The maximum absolute atomic E-state index is 12.5. The third-order valence-electron chi connectivity index (χ3n) is 5.29. The van der Waals surface area contributed by atoms with Crippen molar-refractivity contribution in [2.45, 2.75) is 31.9 Å². The van der Waals surface area contributed by atoms with Crippen molar-refractivity contribution >= 4 is 34.8 Å². The van der Waals surface area contributed by atoms with Gasteiger partial charge in [0.05, 0.1) is 28.6 Å². The van der Waals surface area contributed by atoms with Crippen molar-refractivity contribution < 1.29 is 19.1 Å². The highest BCUT2D eigenvalue weighted by Gasteiger charge is 2.36. The number of nitrogens with zero attached hydrogens (tertiary/aromatic N) is 2. The van der Waals surface area contributed by atoms with E-state index in [9.17, 15) is 14.4 Å². The van der Waals surface area contributed by atoms with Crippen LogP contribution in [0.5, 0.6) is 0 Å². The molecule has 30 heavy (non-hydrogen) atoms. The lowest BCUT2D eigenvalue weighted by molar-refractivity contribution is -0.123. The first-order chi connectivity index (χ1) is 14.5. The van der Waals surface area contributed by atoms with Crippen LogP contribution in [-0.2, 0) is 14.3 Å². The number of fused-ring (bicyclic) bond motifs is 3. The van der Waals surface area contributed by atoms with Crippen LogP contribution in [0.4, 0.5) is 17.1 Å². The fourth-order valence-electron chi connectivity index (χ4n) is 3.71. The van der Waals surface area contributed by atoms with Crippen LogP contribution in [0.1, 0.15) is 35.7 Å². The number of anilines is 3. The van der Waals surface area contributed by atoms with Gasteiger partial charge >= 0.3 is 5.97 Å². The topological polar surface area (TPSA) is 112 Å². The largest absolute Gasteiger partial charge is 0.449 e. The van der Waals surface area contributed by atoms with Gasteiger partial charge in [0.1, 0.15) is 6.04 Å². The van der Waals surface area contributed by atoms with Crippen molar-refractivity contribution in [2.24, 2.45) is 0 Å². The number of rotatable bonds is 4. The summed E-state index contributed by atoms with van der Waals surface area (Å²) in [4.78, 5) is 39.2. The van der Waals surface area contributed by atoms with Crippen LogP contribution in [0.3, 0.4) is 0 Å². The molecule has 2 aromatic rings. The molecular weight excluding hydrogens is 384 g/mol. The predicted molar refractivity (Wildman–Crippen MR) is 110 cm³/mol. The molecule has 0 aliphatic carbocycles. The van der Waals surface area contributed by atoms with Crippen molar-refractivity contribution in [2.75, 3.05) is 22.1 Å². The number of ether oxygens (including phenoxy) is 1. The van der Waals surface area contributed by atoms with Gasteiger partial charge in [-0.05, 0) is 62.2 Å². The SMILES string of the molecule is C[C@@H](OC(=O)c1ccc2c(c1)NC(=O)[C@H]1CCCN21)C(=O)Nc1ccc(C#N)cc1. The highest BCUT2D eigenvalue weighted by Crippen LogP contribution is 2.37. The van der Waals surface area contributed by atoms with Gasteiger partial charge in [-0.15, -0.1) is 0 Å². The minimum absolute atomic E-state index is 0.0688. The molecule has 2 aliphatic rings. The van der Waals surface area contributed by atoms with Crippen molar-refractivity contribution in [3.63, 3.8) is 0 Å². The molecule has 0 saturated carbocycles. The van der Waals surface area contributed by atoms with E-state index in [0.29, 0.717) is 16.9 Å². The lowest BCUT2D eigenvalue weighted by atomic mass is 10.1. The number of nitrogens with one attached hydrogen (secondary N) is 2. The minimum Gasteiger partial charge on any atom is -0.449 e. The molecule has 1 saturated heterocycles. The monoisotopic (exact) mass is 404 g/mol. The first-order valence-corrected chi connectivity index (χ1v) is 9.70. The van der Waals surface area contributed by atoms with Gasteiger partial charge in [0.2, 0.25) is 5.91 Å². The van der Waals surface area contributed by atoms with E-state index in [-0.39, 0.29) is 17.5 Å². The van der Waals surface area contributed by atoms with Crippen molar-refractivity contribution in [3.8, 4) is 6.07 Å². The predicted octanol–water partition coefficient (Wildman–Crippen LogP) is 2.66. The molecule has 0 aromatic heterocycles. The zero-order chi connectivity index (χ0) is 21.3. The molecule has 2 amide bonds. The molecule has 2 atom stereocenters. The van der Waals surface area contributed by atoms with Gasteiger partial charge in [0.25, 0.3) is 5.91 Å². The Hall–Kier alpha value is -3.86. The molecule has 2 N–H and O–H groups in total. The van der Waals surface area contributed by atoms with Crippen LogP contribution in [-0.4, -0.2) is 36.5 Å². The Morgan fingerprint density at radius 3 is 2.77 bits per heavy atom. The van der Waals surface area contributed by atoms with Gasteiger partial charge in [-0.25, -0.2) is 4.79 Å². The van der Waals surface area contributed by atoms with Crippen LogP contribution in [0, 0.1) is 11.3 Å². The third kappa shape index (κ3) is 3.70. The highest BCUT2D eigenvalue weighted by molar-refractivity contribution is 6.05. The summed E-state index contributed by atoms with van der Waals surface area (Å²) >= 11 is 0. The Morgan fingerprint density at radius 1 is 1.27 bits per heavy atom. The zero-order valence-electron chi connectivity index (χ0n) is 16.3. The van der Waals surface area contributed by atoms with Crippen LogP contribution in [0.15, 0.2) is 42.5 Å². The summed E-state index contributed by atoms with van der Waals surface area (Å²) in [6, 6.07) is 13.2. The van der Waals surface area contributed by atoms with Crippen LogP contribution in [0.2, 0.25) is 0 Å². The third-order valence-corrected chi connectivity index (χ3v) is 5.29. The second kappa shape index (κ2) is 7.87. The smallest absolute Gasteiger partial charge is 0.338 e. The molecule has 2 heterocycles. The summed E-state index contributed by atoms with van der Waals surface area (Å²) in [6.07, 6.45) is 0.746. The molecular formula is C22H20N4O4. The van der Waals surface area contributed by atoms with Gasteiger partial charge in [0.15, 0.2) is 6.10 Å². The second-order valence-corrected chi connectivity index (χ2v) is 7.30. The average Bonchev–Trinajstić information content (AvgIpc) is 3.24. The summed E-state index contributed by atoms with van der Waals surface area (Å²) in [7, 11) is 0. The zero-order valence-corrected chi connectivity index (χ0v) is 16.3. The van der Waals surface area contributed by atoms with E-state index in [1.165, 1.54) is 6.92 Å². The van der Waals surface area contributed by atoms with Crippen molar-refractivity contribution in [1.82, 2.24) is 0 Å². The summed E-state index contributed by atoms with van der Waals surface area (Å²) in [5.74, 6) is -1.21.